The van der Waals surface area contributed by atoms with E-state index in [0.717, 1.165) is 0 Å². The van der Waals surface area contributed by atoms with Crippen molar-refractivity contribution in [1.82, 2.24) is 0 Å². The van der Waals surface area contributed by atoms with Crippen molar-refractivity contribution < 1.29 is 24.0 Å². The summed E-state index contributed by atoms with van der Waals surface area (Å²) in [5, 5.41) is 0. The Morgan fingerprint density at radius 1 is 0.321 bits per heavy atom. The van der Waals surface area contributed by atoms with Crippen LogP contribution in [0.15, 0.2) is 0 Å². The first-order valence-corrected chi connectivity index (χ1v) is 15.6. The van der Waals surface area contributed by atoms with Gasteiger partial charge in [0.05, 0.1) is 24.6 Å². The summed E-state index contributed by atoms with van der Waals surface area (Å²) in [5.74, 6) is 0. The van der Waals surface area contributed by atoms with Crippen LogP contribution >= 0.6 is 7.26 Å². The van der Waals surface area contributed by atoms with Gasteiger partial charge in [-0.1, -0.05) is 105 Å². The minimum absolute atomic E-state index is 0. The zero-order valence-electron chi connectivity index (χ0n) is 20.4. The van der Waals surface area contributed by atoms with Crippen molar-refractivity contribution in [3.63, 3.8) is 0 Å². The van der Waals surface area contributed by atoms with E-state index in [-0.39, 0.29) is 24.0 Å². The Hall–Kier alpha value is 1.16. The number of halogens is 1. The van der Waals surface area contributed by atoms with Gasteiger partial charge in [0.15, 0.2) is 0 Å². The third kappa shape index (κ3) is 19.1. The summed E-state index contributed by atoms with van der Waals surface area (Å²) in [6, 6.07) is 0. The van der Waals surface area contributed by atoms with Gasteiger partial charge in [0, 0.05) is 7.26 Å². The van der Waals surface area contributed by atoms with Crippen LogP contribution < -0.4 is 24.0 Å². The Labute approximate surface area is 198 Å². The van der Waals surface area contributed by atoms with E-state index in [9.17, 15) is 0 Å². The molecule has 0 radical (unpaired) electrons. The molecular weight excluding hydrogens is 470 g/mol. The molecule has 0 bridgehead atoms. The molecular formula is C26H56IP. The third-order valence-electron chi connectivity index (χ3n) is 6.44. The summed E-state index contributed by atoms with van der Waals surface area (Å²) >= 11 is 0. The molecule has 0 aliphatic carbocycles. The SMILES string of the molecule is CCCCCCCCC[P+](CCCC)(CCCC)CCCCCCCCC.[I-]. The first kappa shape index (κ1) is 31.3. The van der Waals surface area contributed by atoms with Gasteiger partial charge in [0.1, 0.15) is 0 Å². The topological polar surface area (TPSA) is 0 Å². The fourth-order valence-corrected chi connectivity index (χ4v) is 9.57. The zero-order valence-corrected chi connectivity index (χ0v) is 23.4. The normalized spacial score (nSPS) is 11.6. The molecule has 0 aromatic rings. The minimum atomic E-state index is -0.652. The Kier molecular flexibility index (Phi) is 27.3. The molecule has 0 nitrogen and oxygen atoms in total. The van der Waals surface area contributed by atoms with Gasteiger partial charge in [-0.15, -0.1) is 0 Å². The Balaban J connectivity index is 0. The van der Waals surface area contributed by atoms with Gasteiger partial charge in [-0.25, -0.2) is 0 Å². The Morgan fingerprint density at radius 2 is 0.571 bits per heavy atom. The number of hydrogen-bond acceptors (Lipinski definition) is 0. The smallest absolute Gasteiger partial charge is 0.0594 e. The van der Waals surface area contributed by atoms with Crippen molar-refractivity contribution >= 4 is 7.26 Å². The maximum Gasteiger partial charge on any atom is 0.0594 e. The van der Waals surface area contributed by atoms with Crippen LogP contribution in [0.25, 0.3) is 0 Å². The van der Waals surface area contributed by atoms with Crippen molar-refractivity contribution in [2.75, 3.05) is 24.6 Å². The predicted molar refractivity (Wildman–Crippen MR) is 132 cm³/mol. The molecule has 0 amide bonds. The highest BCUT2D eigenvalue weighted by Crippen LogP contribution is 2.61. The summed E-state index contributed by atoms with van der Waals surface area (Å²) in [5.41, 5.74) is 0. The molecule has 0 unspecified atom stereocenters. The molecule has 0 N–H and O–H groups in total. The van der Waals surface area contributed by atoms with Gasteiger partial charge in [-0.05, 0) is 38.5 Å². The first-order valence-electron chi connectivity index (χ1n) is 13.1. The fourth-order valence-electron chi connectivity index (χ4n) is 4.47. The Bertz CT molecular complexity index is 252. The molecule has 0 atom stereocenters. The molecule has 28 heavy (non-hydrogen) atoms. The summed E-state index contributed by atoms with van der Waals surface area (Å²) in [6.07, 6.45) is 33.0. The maximum atomic E-state index is 2.40. The van der Waals surface area contributed by atoms with Gasteiger partial charge in [-0.2, -0.15) is 0 Å². The van der Waals surface area contributed by atoms with E-state index in [1.165, 1.54) is 103 Å². The van der Waals surface area contributed by atoms with Crippen LogP contribution in [-0.2, 0) is 0 Å². The highest BCUT2D eigenvalue weighted by Gasteiger charge is 2.34. The lowest BCUT2D eigenvalue weighted by Gasteiger charge is -2.28. The molecule has 0 saturated carbocycles. The van der Waals surface area contributed by atoms with E-state index in [1.807, 2.05) is 0 Å². The van der Waals surface area contributed by atoms with Crippen LogP contribution in [0.2, 0.25) is 0 Å². The van der Waals surface area contributed by atoms with Crippen LogP contribution in [0.1, 0.15) is 143 Å². The quantitative estimate of drug-likeness (QED) is 0.0801. The molecule has 0 aromatic heterocycles. The number of hydrogen-bond donors (Lipinski definition) is 0. The van der Waals surface area contributed by atoms with E-state index >= 15 is 0 Å². The molecule has 0 aliphatic rings. The van der Waals surface area contributed by atoms with Crippen LogP contribution in [0, 0.1) is 0 Å². The standard InChI is InChI=1S/C26H56P.HI/c1-5-9-13-15-17-19-21-25-27(23-11-7-3,24-12-8-4)26-22-20-18-16-14-10-6-2;/h5-26H2,1-4H3;1H/q+1;/p-1. The molecule has 0 heterocycles. The lowest BCUT2D eigenvalue weighted by Crippen LogP contribution is -3.00. The average Bonchev–Trinajstić information content (AvgIpc) is 2.69. The molecule has 0 fully saturated rings. The second kappa shape index (κ2) is 24.4. The Morgan fingerprint density at radius 3 is 0.893 bits per heavy atom. The lowest BCUT2D eigenvalue weighted by atomic mass is 10.1. The third-order valence-corrected chi connectivity index (χ3v) is 11.5. The fraction of sp³-hybridized carbons (Fsp3) is 1.00. The van der Waals surface area contributed by atoms with E-state index in [2.05, 4.69) is 27.7 Å². The van der Waals surface area contributed by atoms with Crippen molar-refractivity contribution in [3.05, 3.63) is 0 Å². The molecule has 0 aliphatic heterocycles. The van der Waals surface area contributed by atoms with Gasteiger partial charge < -0.3 is 24.0 Å². The summed E-state index contributed by atoms with van der Waals surface area (Å²) in [7, 11) is -0.652. The van der Waals surface area contributed by atoms with Crippen molar-refractivity contribution in [1.29, 1.82) is 0 Å². The van der Waals surface area contributed by atoms with E-state index in [0.29, 0.717) is 0 Å². The highest BCUT2D eigenvalue weighted by atomic mass is 127. The highest BCUT2D eigenvalue weighted by molar-refractivity contribution is 7.75. The van der Waals surface area contributed by atoms with E-state index in [1.54, 1.807) is 37.5 Å². The molecule has 0 spiro atoms. The molecule has 2 heteroatoms. The van der Waals surface area contributed by atoms with Crippen LogP contribution in [0.4, 0.5) is 0 Å². The summed E-state index contributed by atoms with van der Waals surface area (Å²) < 4.78 is 0. The average molecular weight is 527 g/mol. The van der Waals surface area contributed by atoms with Crippen molar-refractivity contribution in [2.45, 2.75) is 143 Å². The van der Waals surface area contributed by atoms with Gasteiger partial charge in [0.2, 0.25) is 0 Å². The zero-order chi connectivity index (χ0) is 20.1. The van der Waals surface area contributed by atoms with Crippen molar-refractivity contribution in [2.24, 2.45) is 0 Å². The first-order chi connectivity index (χ1) is 13.2. The van der Waals surface area contributed by atoms with Gasteiger partial charge in [-0.3, -0.25) is 0 Å². The largest absolute Gasteiger partial charge is 1.00 e. The van der Waals surface area contributed by atoms with Crippen LogP contribution in [0.3, 0.4) is 0 Å². The van der Waals surface area contributed by atoms with Gasteiger partial charge >= 0.3 is 0 Å². The summed E-state index contributed by atoms with van der Waals surface area (Å²) in [4.78, 5) is 0. The van der Waals surface area contributed by atoms with Crippen LogP contribution in [0.5, 0.6) is 0 Å². The van der Waals surface area contributed by atoms with Crippen LogP contribution in [-0.4, -0.2) is 24.6 Å². The molecule has 0 aromatic carbocycles. The lowest BCUT2D eigenvalue weighted by molar-refractivity contribution is -0.00000623. The second-order valence-electron chi connectivity index (χ2n) is 9.19. The summed E-state index contributed by atoms with van der Waals surface area (Å²) in [6.45, 7) is 9.44. The van der Waals surface area contributed by atoms with Gasteiger partial charge in [0.25, 0.3) is 0 Å². The monoisotopic (exact) mass is 526 g/mol. The second-order valence-corrected chi connectivity index (χ2v) is 13.7. The van der Waals surface area contributed by atoms with E-state index in [4.69, 9.17) is 0 Å². The molecule has 172 valence electrons. The maximum absolute atomic E-state index is 2.40. The minimum Gasteiger partial charge on any atom is -1.00 e. The number of rotatable bonds is 22. The van der Waals surface area contributed by atoms with E-state index < -0.39 is 7.26 Å². The number of unbranched alkanes of at least 4 members (excludes halogenated alkanes) is 14. The molecule has 0 saturated heterocycles. The van der Waals surface area contributed by atoms with Crippen molar-refractivity contribution in [3.8, 4) is 0 Å². The predicted octanol–water partition coefficient (Wildman–Crippen LogP) is 7.11. The molecule has 0 rings (SSSR count).